The number of carboxylic acid groups (broad SMARTS) is 1. The molecule has 0 radical (unpaired) electrons. The summed E-state index contributed by atoms with van der Waals surface area (Å²) in [6.07, 6.45) is 1.54. The van der Waals surface area contributed by atoms with Crippen LogP contribution in [0.15, 0.2) is 47.6 Å². The molecule has 7 heteroatoms. The van der Waals surface area contributed by atoms with Gasteiger partial charge in [0.1, 0.15) is 11.8 Å². The lowest BCUT2D eigenvalue weighted by molar-refractivity contribution is -0.255. The zero-order chi connectivity index (χ0) is 16.7. The Morgan fingerprint density at radius 2 is 2.09 bits per heavy atom. The van der Waals surface area contributed by atoms with Crippen molar-refractivity contribution < 1.29 is 14.6 Å². The lowest BCUT2D eigenvalue weighted by atomic mass is 10.2. The maximum atomic E-state index is 10.8. The molecule has 0 unspecified atom stereocenters. The maximum absolute atomic E-state index is 10.8. The molecule has 0 saturated heterocycles. The van der Waals surface area contributed by atoms with Gasteiger partial charge in [-0.25, -0.2) is 0 Å². The fraction of sp³-hybridized carbons (Fsp3) is 0.0625. The number of carboxylic acids is 1. The summed E-state index contributed by atoms with van der Waals surface area (Å²) in [5, 5.41) is 23.6. The van der Waals surface area contributed by atoms with E-state index in [0.29, 0.717) is 16.5 Å². The first-order valence-corrected chi connectivity index (χ1v) is 6.88. The highest BCUT2D eigenvalue weighted by Gasteiger charge is 2.01. The Balaban J connectivity index is 2.03. The summed E-state index contributed by atoms with van der Waals surface area (Å²) < 4.78 is 5.14. The average molecular weight is 329 g/mol. The average Bonchev–Trinajstić information content (AvgIpc) is 2.55. The SMILES string of the molecule is N#CCOc1ccc(/C=N\Nc2cc(C(=O)[O-])ccc2Cl)cc1. The van der Waals surface area contributed by atoms with Gasteiger partial charge < -0.3 is 14.6 Å². The van der Waals surface area contributed by atoms with Crippen LogP contribution in [0, 0.1) is 11.3 Å². The molecular weight excluding hydrogens is 318 g/mol. The summed E-state index contributed by atoms with van der Waals surface area (Å²) in [7, 11) is 0. The number of rotatable bonds is 6. The highest BCUT2D eigenvalue weighted by atomic mass is 35.5. The summed E-state index contributed by atoms with van der Waals surface area (Å²) >= 11 is 5.96. The van der Waals surface area contributed by atoms with E-state index in [2.05, 4.69) is 10.5 Å². The Bertz CT molecular complexity index is 767. The van der Waals surface area contributed by atoms with Gasteiger partial charge >= 0.3 is 0 Å². The van der Waals surface area contributed by atoms with Crippen molar-refractivity contribution in [2.75, 3.05) is 12.0 Å². The quantitative estimate of drug-likeness (QED) is 0.646. The highest BCUT2D eigenvalue weighted by Crippen LogP contribution is 2.22. The van der Waals surface area contributed by atoms with Crippen molar-refractivity contribution in [2.45, 2.75) is 0 Å². The number of nitrogens with zero attached hydrogens (tertiary/aromatic N) is 2. The van der Waals surface area contributed by atoms with Crippen molar-refractivity contribution in [3.05, 3.63) is 58.6 Å². The Morgan fingerprint density at radius 3 is 2.74 bits per heavy atom. The molecule has 23 heavy (non-hydrogen) atoms. The van der Waals surface area contributed by atoms with Gasteiger partial charge in [0, 0.05) is 0 Å². The molecule has 0 saturated carbocycles. The summed E-state index contributed by atoms with van der Waals surface area (Å²) in [5.41, 5.74) is 3.83. The van der Waals surface area contributed by atoms with E-state index in [-0.39, 0.29) is 12.2 Å². The largest absolute Gasteiger partial charge is 0.545 e. The topological polar surface area (TPSA) is 97.5 Å². The van der Waals surface area contributed by atoms with Gasteiger partial charge in [-0.2, -0.15) is 10.4 Å². The van der Waals surface area contributed by atoms with E-state index < -0.39 is 5.97 Å². The van der Waals surface area contributed by atoms with Gasteiger partial charge in [-0.05, 0) is 47.5 Å². The number of aromatic carboxylic acids is 1. The molecule has 0 aliphatic rings. The molecule has 6 nitrogen and oxygen atoms in total. The summed E-state index contributed by atoms with van der Waals surface area (Å²) in [4.78, 5) is 10.8. The Labute approximate surface area is 137 Å². The van der Waals surface area contributed by atoms with E-state index in [4.69, 9.17) is 21.6 Å². The summed E-state index contributed by atoms with van der Waals surface area (Å²) in [6.45, 7) is -0.0116. The van der Waals surface area contributed by atoms with Crippen LogP contribution in [0.25, 0.3) is 0 Å². The molecule has 0 spiro atoms. The van der Waals surface area contributed by atoms with Crippen LogP contribution in [0.2, 0.25) is 5.02 Å². The number of hydrogen-bond acceptors (Lipinski definition) is 6. The monoisotopic (exact) mass is 328 g/mol. The number of carbonyl (C=O) groups is 1. The molecule has 0 aliphatic carbocycles. The van der Waals surface area contributed by atoms with Gasteiger partial charge in [-0.15, -0.1) is 0 Å². The van der Waals surface area contributed by atoms with Crippen molar-refractivity contribution in [2.24, 2.45) is 5.10 Å². The molecule has 2 aromatic rings. The number of halogens is 1. The molecule has 0 fully saturated rings. The molecule has 0 heterocycles. The number of anilines is 1. The van der Waals surface area contributed by atoms with E-state index in [1.165, 1.54) is 24.4 Å². The second-order valence-electron chi connectivity index (χ2n) is 4.37. The van der Waals surface area contributed by atoms with Crippen molar-refractivity contribution in [1.82, 2.24) is 0 Å². The lowest BCUT2D eigenvalue weighted by Crippen LogP contribution is -2.22. The molecule has 1 N–H and O–H groups in total. The summed E-state index contributed by atoms with van der Waals surface area (Å²) in [5.74, 6) is -0.706. The van der Waals surface area contributed by atoms with E-state index in [0.717, 1.165) is 5.56 Å². The van der Waals surface area contributed by atoms with Gasteiger partial charge in [-0.1, -0.05) is 17.7 Å². The Hall–Kier alpha value is -3.04. The van der Waals surface area contributed by atoms with Crippen molar-refractivity contribution in [3.8, 4) is 11.8 Å². The zero-order valence-electron chi connectivity index (χ0n) is 11.8. The van der Waals surface area contributed by atoms with E-state index in [9.17, 15) is 9.90 Å². The number of nitriles is 1. The van der Waals surface area contributed by atoms with Gasteiger partial charge in [0.25, 0.3) is 0 Å². The molecular formula is C16H11ClN3O3-. The van der Waals surface area contributed by atoms with E-state index >= 15 is 0 Å². The fourth-order valence-corrected chi connectivity index (χ4v) is 1.84. The van der Waals surface area contributed by atoms with Crippen LogP contribution >= 0.6 is 11.6 Å². The van der Waals surface area contributed by atoms with Gasteiger partial charge in [0.2, 0.25) is 0 Å². The van der Waals surface area contributed by atoms with Gasteiger partial charge in [-0.3, -0.25) is 5.43 Å². The molecule has 0 aromatic heterocycles. The lowest BCUT2D eigenvalue weighted by Gasteiger charge is -2.07. The minimum atomic E-state index is -1.29. The minimum absolute atomic E-state index is 0.00564. The zero-order valence-corrected chi connectivity index (χ0v) is 12.6. The second-order valence-corrected chi connectivity index (χ2v) is 4.78. The number of nitrogens with one attached hydrogen (secondary N) is 1. The van der Waals surface area contributed by atoms with Crippen LogP contribution in [-0.2, 0) is 0 Å². The molecule has 0 bridgehead atoms. The van der Waals surface area contributed by atoms with Crippen molar-refractivity contribution in [1.29, 1.82) is 5.26 Å². The summed E-state index contributed by atoms with van der Waals surface area (Å²) in [6, 6.07) is 13.0. The Kier molecular flexibility index (Phi) is 5.56. The normalized spacial score (nSPS) is 10.3. The van der Waals surface area contributed by atoms with Crippen LogP contribution < -0.4 is 15.3 Å². The van der Waals surface area contributed by atoms with Crippen LogP contribution in [0.5, 0.6) is 5.75 Å². The molecule has 0 amide bonds. The predicted octanol–water partition coefficient (Wildman–Crippen LogP) is 2.05. The third kappa shape index (κ3) is 4.73. The first-order valence-electron chi connectivity index (χ1n) is 6.50. The molecule has 116 valence electrons. The third-order valence-corrected chi connectivity index (χ3v) is 3.11. The highest BCUT2D eigenvalue weighted by molar-refractivity contribution is 6.33. The predicted molar refractivity (Wildman–Crippen MR) is 84.5 cm³/mol. The van der Waals surface area contributed by atoms with Crippen LogP contribution in [0.1, 0.15) is 15.9 Å². The third-order valence-electron chi connectivity index (χ3n) is 2.78. The number of ether oxygens (including phenoxy) is 1. The van der Waals surface area contributed by atoms with Gasteiger partial charge in [0.15, 0.2) is 6.61 Å². The van der Waals surface area contributed by atoms with Crippen molar-refractivity contribution >= 4 is 29.5 Å². The number of benzene rings is 2. The maximum Gasteiger partial charge on any atom is 0.174 e. The van der Waals surface area contributed by atoms with Crippen LogP contribution in [0.4, 0.5) is 5.69 Å². The number of carbonyl (C=O) groups excluding carboxylic acids is 1. The van der Waals surface area contributed by atoms with Gasteiger partial charge in [0.05, 0.1) is 22.9 Å². The van der Waals surface area contributed by atoms with Crippen LogP contribution in [0.3, 0.4) is 0 Å². The number of hydrogen-bond donors (Lipinski definition) is 1. The second kappa shape index (κ2) is 7.82. The molecule has 2 aromatic carbocycles. The smallest absolute Gasteiger partial charge is 0.174 e. The Morgan fingerprint density at radius 1 is 1.35 bits per heavy atom. The first kappa shape index (κ1) is 16.3. The van der Waals surface area contributed by atoms with E-state index in [1.807, 2.05) is 6.07 Å². The molecule has 2 rings (SSSR count). The fourth-order valence-electron chi connectivity index (χ4n) is 1.68. The van der Waals surface area contributed by atoms with Crippen molar-refractivity contribution in [3.63, 3.8) is 0 Å². The molecule has 0 atom stereocenters. The standard InChI is InChI=1S/C16H12ClN3O3/c17-14-6-3-12(16(21)22)9-15(14)20-19-10-11-1-4-13(5-2-11)23-8-7-18/h1-6,9-10,20H,8H2,(H,21,22)/p-1/b19-10-. The number of hydrazone groups is 1. The van der Waals surface area contributed by atoms with E-state index in [1.54, 1.807) is 24.3 Å². The van der Waals surface area contributed by atoms with Crippen LogP contribution in [-0.4, -0.2) is 18.8 Å². The first-order chi connectivity index (χ1) is 11.1. The molecule has 0 aliphatic heterocycles. The minimum Gasteiger partial charge on any atom is -0.545 e.